The van der Waals surface area contributed by atoms with E-state index in [9.17, 15) is 14.0 Å². The second-order valence-electron chi connectivity index (χ2n) is 6.69. The van der Waals surface area contributed by atoms with Crippen molar-refractivity contribution in [3.05, 3.63) is 89.8 Å². The first kappa shape index (κ1) is 21.8. The second kappa shape index (κ2) is 10.2. The molecule has 0 aliphatic heterocycles. The van der Waals surface area contributed by atoms with Crippen LogP contribution in [0.3, 0.4) is 0 Å². The highest BCUT2D eigenvalue weighted by Gasteiger charge is 2.21. The van der Waals surface area contributed by atoms with E-state index in [1.54, 1.807) is 73.4 Å². The van der Waals surface area contributed by atoms with Gasteiger partial charge in [-0.2, -0.15) is 0 Å². The molecule has 1 heterocycles. The molecule has 1 aromatic heterocycles. The largest absolute Gasteiger partial charge is 0.463 e. The Balaban J connectivity index is 1.70. The number of halogens is 1. The molecule has 0 bridgehead atoms. The van der Waals surface area contributed by atoms with E-state index in [2.05, 4.69) is 15.6 Å². The molecule has 2 amide bonds. The summed E-state index contributed by atoms with van der Waals surface area (Å²) in [4.78, 5) is 28.3. The number of hydrogen-bond acceptors (Lipinski definition) is 4. The zero-order chi connectivity index (χ0) is 22.2. The molecule has 0 saturated carbocycles. The van der Waals surface area contributed by atoms with Gasteiger partial charge in [0.1, 0.15) is 17.7 Å². The van der Waals surface area contributed by atoms with Gasteiger partial charge in [-0.25, -0.2) is 19.0 Å². The van der Waals surface area contributed by atoms with Gasteiger partial charge < -0.3 is 19.9 Å². The van der Waals surface area contributed by atoms with E-state index in [1.807, 2.05) is 0 Å². The van der Waals surface area contributed by atoms with Gasteiger partial charge in [0.05, 0.1) is 6.61 Å². The lowest BCUT2D eigenvalue weighted by Gasteiger charge is -2.19. The van der Waals surface area contributed by atoms with Crippen molar-refractivity contribution in [2.75, 3.05) is 11.9 Å². The molecule has 0 aliphatic rings. The number of nitrogens with zero attached hydrogens (tertiary/aromatic N) is 2. The lowest BCUT2D eigenvalue weighted by atomic mass is 10.1. The van der Waals surface area contributed by atoms with Crippen LogP contribution in [0.4, 0.5) is 14.9 Å². The van der Waals surface area contributed by atoms with Gasteiger partial charge in [-0.05, 0) is 48.4 Å². The molecule has 0 unspecified atom stereocenters. The number of aromatic nitrogens is 2. The van der Waals surface area contributed by atoms with Crippen molar-refractivity contribution < 1.29 is 18.7 Å². The molecule has 7 nitrogen and oxygen atoms in total. The van der Waals surface area contributed by atoms with Crippen molar-refractivity contribution in [1.29, 1.82) is 0 Å². The Hall–Kier alpha value is -3.94. The van der Waals surface area contributed by atoms with Gasteiger partial charge in [0.25, 0.3) is 0 Å². The van der Waals surface area contributed by atoms with E-state index in [-0.39, 0.29) is 0 Å². The number of rotatable bonds is 7. The van der Waals surface area contributed by atoms with Crippen LogP contribution in [-0.2, 0) is 16.6 Å². The molecule has 2 N–H and O–H groups in total. The lowest BCUT2D eigenvalue weighted by molar-refractivity contribution is -0.137. The molecule has 3 rings (SSSR count). The van der Waals surface area contributed by atoms with Gasteiger partial charge in [-0.3, -0.25) is 0 Å². The van der Waals surface area contributed by atoms with Crippen molar-refractivity contribution in [2.45, 2.75) is 13.0 Å². The first-order chi connectivity index (χ1) is 15.0. The third-order valence-electron chi connectivity index (χ3n) is 4.44. The standard InChI is InChI=1S/C23H23FN4O3/c1-3-31-20(29)12-9-16-7-10-19(11-8-16)26-23(30)27-21(22-25-13-14-28(22)2)17-5-4-6-18(24)15-17/h4-15,21H,3H2,1-2H3,(H2,26,27,30)/b12-9+/t21-/m1/s1. The zero-order valence-corrected chi connectivity index (χ0v) is 17.2. The Bertz CT molecular complexity index is 1080. The molecule has 8 heteroatoms. The minimum absolute atomic E-state index is 0.316. The number of aryl methyl sites for hydroxylation is 1. The quantitative estimate of drug-likeness (QED) is 0.444. The predicted molar refractivity (Wildman–Crippen MR) is 116 cm³/mol. The van der Waals surface area contributed by atoms with Crippen molar-refractivity contribution >= 4 is 23.8 Å². The van der Waals surface area contributed by atoms with E-state index in [4.69, 9.17) is 4.74 Å². The second-order valence-corrected chi connectivity index (χ2v) is 6.69. The normalized spacial score (nSPS) is 11.8. The van der Waals surface area contributed by atoms with Crippen LogP contribution in [0.25, 0.3) is 6.08 Å². The van der Waals surface area contributed by atoms with Crippen molar-refractivity contribution in [1.82, 2.24) is 14.9 Å². The fourth-order valence-electron chi connectivity index (χ4n) is 2.97. The minimum atomic E-state index is -0.637. The SMILES string of the molecule is CCOC(=O)/C=C/c1ccc(NC(=O)N[C@H](c2cccc(F)c2)c2nccn2C)cc1. The van der Waals surface area contributed by atoms with Gasteiger partial charge in [-0.15, -0.1) is 0 Å². The Morgan fingerprint density at radius 1 is 1.23 bits per heavy atom. The number of benzene rings is 2. The molecule has 2 aromatic carbocycles. The van der Waals surface area contributed by atoms with E-state index in [0.717, 1.165) is 5.56 Å². The van der Waals surface area contributed by atoms with Crippen molar-refractivity contribution in [2.24, 2.45) is 7.05 Å². The number of hydrogen-bond donors (Lipinski definition) is 2. The molecule has 3 aromatic rings. The molecule has 0 saturated heterocycles. The van der Waals surface area contributed by atoms with E-state index < -0.39 is 23.9 Å². The van der Waals surface area contributed by atoms with Crippen molar-refractivity contribution in [3.63, 3.8) is 0 Å². The number of amides is 2. The number of nitrogens with one attached hydrogen (secondary N) is 2. The highest BCUT2D eigenvalue weighted by atomic mass is 19.1. The monoisotopic (exact) mass is 422 g/mol. The molecule has 0 spiro atoms. The molecule has 160 valence electrons. The average Bonchev–Trinajstić information content (AvgIpc) is 3.17. The van der Waals surface area contributed by atoms with Crippen LogP contribution in [0.2, 0.25) is 0 Å². The van der Waals surface area contributed by atoms with E-state index in [0.29, 0.717) is 23.7 Å². The number of carbonyl (C=O) groups is 2. The third kappa shape index (κ3) is 6.02. The molecule has 0 fully saturated rings. The van der Waals surface area contributed by atoms with Crippen LogP contribution in [0.5, 0.6) is 0 Å². The Morgan fingerprint density at radius 2 is 2.00 bits per heavy atom. The maximum Gasteiger partial charge on any atom is 0.330 e. The first-order valence-corrected chi connectivity index (χ1v) is 9.71. The Morgan fingerprint density at radius 3 is 2.65 bits per heavy atom. The maximum absolute atomic E-state index is 13.8. The molecular formula is C23H23FN4O3. The first-order valence-electron chi connectivity index (χ1n) is 9.71. The van der Waals surface area contributed by atoms with Gasteiger partial charge in [0, 0.05) is 31.2 Å². The minimum Gasteiger partial charge on any atom is -0.463 e. The fourth-order valence-corrected chi connectivity index (χ4v) is 2.97. The van der Waals surface area contributed by atoms with Crippen LogP contribution in [-0.4, -0.2) is 28.2 Å². The predicted octanol–water partition coefficient (Wildman–Crippen LogP) is 4.05. The number of imidazole rings is 1. The third-order valence-corrected chi connectivity index (χ3v) is 4.44. The fraction of sp³-hybridized carbons (Fsp3) is 0.174. The van der Waals surface area contributed by atoms with Gasteiger partial charge >= 0.3 is 12.0 Å². The van der Waals surface area contributed by atoms with Gasteiger partial charge in [-0.1, -0.05) is 24.3 Å². The molecular weight excluding hydrogens is 399 g/mol. The molecule has 31 heavy (non-hydrogen) atoms. The summed E-state index contributed by atoms with van der Waals surface area (Å²) in [5, 5.41) is 5.60. The summed E-state index contributed by atoms with van der Waals surface area (Å²) in [5.41, 5.74) is 1.91. The average molecular weight is 422 g/mol. The highest BCUT2D eigenvalue weighted by molar-refractivity contribution is 5.90. The summed E-state index contributed by atoms with van der Waals surface area (Å²) in [6.45, 7) is 2.06. The van der Waals surface area contributed by atoms with Crippen LogP contribution >= 0.6 is 0 Å². The summed E-state index contributed by atoms with van der Waals surface area (Å²) in [5.74, 6) is -0.243. The molecule has 1 atom stereocenters. The summed E-state index contributed by atoms with van der Waals surface area (Å²) in [6, 6.07) is 11.9. The van der Waals surface area contributed by atoms with E-state index in [1.165, 1.54) is 18.2 Å². The molecule has 0 radical (unpaired) electrons. The smallest absolute Gasteiger partial charge is 0.330 e. The number of urea groups is 1. The van der Waals surface area contributed by atoms with Gasteiger partial charge in [0.2, 0.25) is 0 Å². The van der Waals surface area contributed by atoms with Crippen LogP contribution < -0.4 is 10.6 Å². The maximum atomic E-state index is 13.8. The molecule has 0 aliphatic carbocycles. The van der Waals surface area contributed by atoms with Crippen LogP contribution in [0.15, 0.2) is 67.0 Å². The van der Waals surface area contributed by atoms with E-state index >= 15 is 0 Å². The Kier molecular flexibility index (Phi) is 7.16. The van der Waals surface area contributed by atoms with Crippen molar-refractivity contribution in [3.8, 4) is 0 Å². The summed E-state index contributed by atoms with van der Waals surface area (Å²) in [7, 11) is 1.80. The number of carbonyl (C=O) groups excluding carboxylic acids is 2. The summed E-state index contributed by atoms with van der Waals surface area (Å²) < 4.78 is 20.4. The topological polar surface area (TPSA) is 85.2 Å². The lowest BCUT2D eigenvalue weighted by Crippen LogP contribution is -2.34. The van der Waals surface area contributed by atoms with Gasteiger partial charge in [0.15, 0.2) is 0 Å². The Labute approximate surface area is 179 Å². The summed E-state index contributed by atoms with van der Waals surface area (Å²) >= 11 is 0. The zero-order valence-electron chi connectivity index (χ0n) is 17.2. The highest BCUT2D eigenvalue weighted by Crippen LogP contribution is 2.21. The van der Waals surface area contributed by atoms with Crippen LogP contribution in [0.1, 0.15) is 29.9 Å². The number of ether oxygens (including phenoxy) is 1. The van der Waals surface area contributed by atoms with Crippen LogP contribution in [0, 0.1) is 5.82 Å². The number of esters is 1. The number of anilines is 1. The summed E-state index contributed by atoms with van der Waals surface area (Å²) in [6.07, 6.45) is 6.34.